The lowest BCUT2D eigenvalue weighted by atomic mass is 10.0. The Morgan fingerprint density at radius 2 is 2.08 bits per heavy atom. The smallest absolute Gasteiger partial charge is 0.410 e. The summed E-state index contributed by atoms with van der Waals surface area (Å²) in [5, 5.41) is 0. The highest BCUT2D eigenvalue weighted by Gasteiger charge is 2.49. The molecule has 0 aromatic heterocycles. The highest BCUT2D eigenvalue weighted by Crippen LogP contribution is 2.32. The van der Waals surface area contributed by atoms with Crippen molar-refractivity contribution in [3.63, 3.8) is 0 Å². The van der Waals surface area contributed by atoms with Crippen LogP contribution in [-0.2, 0) is 16.1 Å². The van der Waals surface area contributed by atoms with E-state index in [0.29, 0.717) is 45.8 Å². The molecular weight excluding hydrogens is 322 g/mol. The molecule has 7 nitrogen and oxygen atoms in total. The fourth-order valence-corrected chi connectivity index (χ4v) is 3.87. The van der Waals surface area contributed by atoms with E-state index in [9.17, 15) is 9.59 Å². The van der Waals surface area contributed by atoms with Crippen molar-refractivity contribution < 1.29 is 19.1 Å². The molecule has 2 fully saturated rings. The van der Waals surface area contributed by atoms with E-state index in [1.165, 1.54) is 0 Å². The summed E-state index contributed by atoms with van der Waals surface area (Å²) in [5.74, 6) is 0.986. The van der Waals surface area contributed by atoms with E-state index < -0.39 is 5.60 Å². The standard InChI is InChI=1S/C18H23N3O4/c1-19-12-18(25-17(19)23)6-7-21(13-18)16(22)11-20-8-9-24-15-5-3-2-4-14(15)10-20/h2-5H,6-13H2,1H3. The van der Waals surface area contributed by atoms with E-state index in [0.717, 1.165) is 17.9 Å². The van der Waals surface area contributed by atoms with Crippen LogP contribution >= 0.6 is 0 Å². The third-order valence-corrected chi connectivity index (χ3v) is 5.20. The molecule has 134 valence electrons. The van der Waals surface area contributed by atoms with Gasteiger partial charge in [0.25, 0.3) is 0 Å². The molecule has 4 rings (SSSR count). The van der Waals surface area contributed by atoms with Crippen LogP contribution in [0.3, 0.4) is 0 Å². The summed E-state index contributed by atoms with van der Waals surface area (Å²) >= 11 is 0. The number of para-hydroxylation sites is 1. The van der Waals surface area contributed by atoms with Crippen LogP contribution in [-0.4, -0.2) is 78.7 Å². The summed E-state index contributed by atoms with van der Waals surface area (Å²) in [4.78, 5) is 29.9. The van der Waals surface area contributed by atoms with Crippen LogP contribution < -0.4 is 4.74 Å². The van der Waals surface area contributed by atoms with Gasteiger partial charge in [0.1, 0.15) is 12.4 Å². The predicted octanol–water partition coefficient (Wildman–Crippen LogP) is 0.934. The van der Waals surface area contributed by atoms with Gasteiger partial charge in [0, 0.05) is 38.7 Å². The summed E-state index contributed by atoms with van der Waals surface area (Å²) in [6.45, 7) is 4.05. The molecule has 1 unspecified atom stereocenters. The molecule has 0 N–H and O–H groups in total. The van der Waals surface area contributed by atoms with Crippen LogP contribution in [0.4, 0.5) is 4.79 Å². The second kappa shape index (κ2) is 6.22. The van der Waals surface area contributed by atoms with Gasteiger partial charge in [0.15, 0.2) is 5.60 Å². The van der Waals surface area contributed by atoms with Gasteiger partial charge < -0.3 is 19.3 Å². The first kappa shape index (κ1) is 16.2. The molecule has 3 heterocycles. The monoisotopic (exact) mass is 345 g/mol. The van der Waals surface area contributed by atoms with Crippen molar-refractivity contribution in [1.29, 1.82) is 0 Å². The number of nitrogens with zero attached hydrogens (tertiary/aromatic N) is 3. The van der Waals surface area contributed by atoms with E-state index in [1.54, 1.807) is 11.9 Å². The Labute approximate surface area is 147 Å². The normalized spacial score (nSPS) is 26.4. The Hall–Kier alpha value is -2.28. The van der Waals surface area contributed by atoms with Crippen molar-refractivity contribution in [2.45, 2.75) is 18.6 Å². The van der Waals surface area contributed by atoms with Crippen LogP contribution in [0.5, 0.6) is 5.75 Å². The largest absolute Gasteiger partial charge is 0.492 e. The number of rotatable bonds is 2. The minimum absolute atomic E-state index is 0.0851. The highest BCUT2D eigenvalue weighted by atomic mass is 16.6. The topological polar surface area (TPSA) is 62.3 Å². The second-order valence-electron chi connectivity index (χ2n) is 7.14. The van der Waals surface area contributed by atoms with Gasteiger partial charge >= 0.3 is 6.09 Å². The number of hydrogen-bond donors (Lipinski definition) is 0. The summed E-state index contributed by atoms with van der Waals surface area (Å²) in [5.41, 5.74) is 0.591. The maximum Gasteiger partial charge on any atom is 0.410 e. The minimum atomic E-state index is -0.518. The van der Waals surface area contributed by atoms with Crippen molar-refractivity contribution in [3.8, 4) is 5.75 Å². The number of amides is 2. The maximum atomic E-state index is 12.7. The maximum absolute atomic E-state index is 12.7. The molecule has 3 aliphatic heterocycles. The lowest BCUT2D eigenvalue weighted by molar-refractivity contribution is -0.132. The molecule has 2 saturated heterocycles. The molecule has 1 atom stereocenters. The van der Waals surface area contributed by atoms with Crippen LogP contribution in [0.1, 0.15) is 12.0 Å². The van der Waals surface area contributed by atoms with Crippen LogP contribution in [0.25, 0.3) is 0 Å². The molecule has 0 aliphatic carbocycles. The first-order valence-electron chi connectivity index (χ1n) is 8.70. The first-order chi connectivity index (χ1) is 12.0. The number of fused-ring (bicyclic) bond motifs is 1. The number of likely N-dealkylation sites (tertiary alicyclic amines) is 1. The molecule has 1 aromatic rings. The van der Waals surface area contributed by atoms with E-state index in [2.05, 4.69) is 4.90 Å². The molecule has 0 saturated carbocycles. The molecule has 25 heavy (non-hydrogen) atoms. The molecule has 7 heteroatoms. The fraction of sp³-hybridized carbons (Fsp3) is 0.556. The molecule has 0 bridgehead atoms. The van der Waals surface area contributed by atoms with E-state index >= 15 is 0 Å². The Bertz CT molecular complexity index is 695. The lowest BCUT2D eigenvalue weighted by Gasteiger charge is -2.25. The summed E-state index contributed by atoms with van der Waals surface area (Å²) in [7, 11) is 1.73. The van der Waals surface area contributed by atoms with Gasteiger partial charge in [-0.2, -0.15) is 0 Å². The van der Waals surface area contributed by atoms with E-state index in [-0.39, 0.29) is 12.0 Å². The molecule has 2 amide bonds. The number of hydrogen-bond acceptors (Lipinski definition) is 5. The number of likely N-dealkylation sites (N-methyl/N-ethyl adjacent to an activating group) is 1. The quantitative estimate of drug-likeness (QED) is 0.798. The number of carbonyl (C=O) groups excluding carboxylic acids is 2. The van der Waals surface area contributed by atoms with Crippen molar-refractivity contribution in [2.24, 2.45) is 0 Å². The third-order valence-electron chi connectivity index (χ3n) is 5.20. The van der Waals surface area contributed by atoms with Gasteiger partial charge in [-0.25, -0.2) is 4.79 Å². The summed E-state index contributed by atoms with van der Waals surface area (Å²) in [6.07, 6.45) is 0.413. The van der Waals surface area contributed by atoms with Gasteiger partial charge in [0.05, 0.1) is 19.6 Å². The zero-order valence-electron chi connectivity index (χ0n) is 14.4. The third kappa shape index (κ3) is 3.16. The molecule has 0 radical (unpaired) electrons. The van der Waals surface area contributed by atoms with Gasteiger partial charge in [-0.3, -0.25) is 9.69 Å². The van der Waals surface area contributed by atoms with Crippen LogP contribution in [0.2, 0.25) is 0 Å². The van der Waals surface area contributed by atoms with Gasteiger partial charge in [-0.1, -0.05) is 18.2 Å². The first-order valence-corrected chi connectivity index (χ1v) is 8.70. The van der Waals surface area contributed by atoms with Gasteiger partial charge in [0.2, 0.25) is 5.91 Å². The van der Waals surface area contributed by atoms with Gasteiger partial charge in [-0.05, 0) is 6.07 Å². The molecule has 3 aliphatic rings. The Morgan fingerprint density at radius 1 is 1.24 bits per heavy atom. The van der Waals surface area contributed by atoms with E-state index in [1.807, 2.05) is 29.2 Å². The zero-order chi connectivity index (χ0) is 17.4. The summed E-state index contributed by atoms with van der Waals surface area (Å²) in [6, 6.07) is 7.96. The molecule has 1 spiro atoms. The zero-order valence-corrected chi connectivity index (χ0v) is 14.4. The average Bonchev–Trinajstić information content (AvgIpc) is 3.03. The number of carbonyl (C=O) groups is 2. The Kier molecular flexibility index (Phi) is 4.03. The van der Waals surface area contributed by atoms with Crippen molar-refractivity contribution in [1.82, 2.24) is 14.7 Å². The highest BCUT2D eigenvalue weighted by molar-refractivity contribution is 5.79. The Morgan fingerprint density at radius 3 is 2.88 bits per heavy atom. The van der Waals surface area contributed by atoms with Crippen molar-refractivity contribution >= 4 is 12.0 Å². The van der Waals surface area contributed by atoms with Crippen molar-refractivity contribution in [2.75, 3.05) is 46.4 Å². The minimum Gasteiger partial charge on any atom is -0.492 e. The second-order valence-corrected chi connectivity index (χ2v) is 7.14. The summed E-state index contributed by atoms with van der Waals surface area (Å²) < 4.78 is 11.3. The fourth-order valence-electron chi connectivity index (χ4n) is 3.87. The van der Waals surface area contributed by atoms with E-state index in [4.69, 9.17) is 9.47 Å². The number of ether oxygens (including phenoxy) is 2. The number of benzene rings is 1. The van der Waals surface area contributed by atoms with Crippen molar-refractivity contribution in [3.05, 3.63) is 29.8 Å². The van der Waals surface area contributed by atoms with Crippen LogP contribution in [0, 0.1) is 0 Å². The lowest BCUT2D eigenvalue weighted by Crippen LogP contribution is -2.43. The SMILES string of the molecule is CN1CC2(CCN(C(=O)CN3CCOc4ccccc4C3)C2)OC1=O. The molecular formula is C18H23N3O4. The van der Waals surface area contributed by atoms with Gasteiger partial charge in [-0.15, -0.1) is 0 Å². The van der Waals surface area contributed by atoms with Crippen LogP contribution in [0.15, 0.2) is 24.3 Å². The Balaban J connectivity index is 1.37. The predicted molar refractivity (Wildman–Crippen MR) is 90.3 cm³/mol. The average molecular weight is 345 g/mol. The molecule has 1 aromatic carbocycles.